The molecule has 122 valence electrons. The molecule has 1 fully saturated rings. The van der Waals surface area contributed by atoms with Crippen LogP contribution in [0.4, 0.5) is 11.4 Å². The van der Waals surface area contributed by atoms with Gasteiger partial charge in [0.2, 0.25) is 0 Å². The second-order valence-electron chi connectivity index (χ2n) is 6.12. The number of ether oxygens (including phenoxy) is 1. The number of anilines is 2. The topological polar surface area (TPSA) is 64.3 Å². The molecule has 0 aliphatic heterocycles. The van der Waals surface area contributed by atoms with Crippen molar-refractivity contribution < 1.29 is 9.53 Å². The molecule has 0 radical (unpaired) electrons. The second kappa shape index (κ2) is 8.66. The Bertz CT molecular complexity index is 480. The maximum absolute atomic E-state index is 11.8. The highest BCUT2D eigenvalue weighted by Gasteiger charge is 2.14. The number of carbonyl (C=O) groups excluding carboxylic acids is 1. The minimum absolute atomic E-state index is 0.300. The molecule has 22 heavy (non-hydrogen) atoms. The van der Waals surface area contributed by atoms with Crippen molar-refractivity contribution in [1.29, 1.82) is 0 Å². The molecule has 0 bridgehead atoms. The summed E-state index contributed by atoms with van der Waals surface area (Å²) in [6.07, 6.45) is 9.79. The van der Waals surface area contributed by atoms with Crippen LogP contribution in [0.1, 0.15) is 68.6 Å². The van der Waals surface area contributed by atoms with Gasteiger partial charge in [-0.3, -0.25) is 0 Å². The minimum Gasteiger partial charge on any atom is -0.462 e. The number of benzene rings is 1. The molecule has 1 aliphatic rings. The molecule has 4 nitrogen and oxygen atoms in total. The van der Waals surface area contributed by atoms with E-state index >= 15 is 0 Å². The number of nitrogens with one attached hydrogen (secondary N) is 1. The SMILES string of the molecule is CCCOC(=O)c1ccc(NC2CCCCCCC2)c(N)c1. The summed E-state index contributed by atoms with van der Waals surface area (Å²) >= 11 is 0. The van der Waals surface area contributed by atoms with E-state index in [4.69, 9.17) is 10.5 Å². The van der Waals surface area contributed by atoms with Crippen molar-refractivity contribution in [1.82, 2.24) is 0 Å². The molecule has 1 aromatic carbocycles. The molecule has 2 rings (SSSR count). The Labute approximate surface area is 133 Å². The van der Waals surface area contributed by atoms with Crippen LogP contribution in [0.2, 0.25) is 0 Å². The van der Waals surface area contributed by atoms with Crippen molar-refractivity contribution in [3.8, 4) is 0 Å². The number of nitrogens with two attached hydrogens (primary N) is 1. The fraction of sp³-hybridized carbons (Fsp3) is 0.611. The number of hydrogen-bond donors (Lipinski definition) is 2. The van der Waals surface area contributed by atoms with Crippen LogP contribution in [0.3, 0.4) is 0 Å². The summed E-state index contributed by atoms with van der Waals surface area (Å²) < 4.78 is 5.14. The van der Waals surface area contributed by atoms with E-state index in [1.807, 2.05) is 13.0 Å². The molecule has 0 unspecified atom stereocenters. The number of esters is 1. The van der Waals surface area contributed by atoms with Gasteiger partial charge in [-0.2, -0.15) is 0 Å². The third-order valence-electron chi connectivity index (χ3n) is 4.19. The lowest BCUT2D eigenvalue weighted by Crippen LogP contribution is -2.21. The van der Waals surface area contributed by atoms with Gasteiger partial charge >= 0.3 is 5.97 Å². The first-order chi connectivity index (χ1) is 10.7. The Hall–Kier alpha value is -1.71. The standard InChI is InChI=1S/C18H28N2O2/c1-2-12-22-18(21)14-10-11-17(16(19)13-14)20-15-8-6-4-3-5-7-9-15/h10-11,13,15,20H,2-9,12,19H2,1H3. The van der Waals surface area contributed by atoms with Crippen LogP contribution in [0.15, 0.2) is 18.2 Å². The van der Waals surface area contributed by atoms with Crippen LogP contribution < -0.4 is 11.1 Å². The van der Waals surface area contributed by atoms with Gasteiger partial charge in [0.05, 0.1) is 23.5 Å². The Morgan fingerprint density at radius 2 is 1.91 bits per heavy atom. The van der Waals surface area contributed by atoms with E-state index < -0.39 is 0 Å². The van der Waals surface area contributed by atoms with Gasteiger partial charge in [0.15, 0.2) is 0 Å². The van der Waals surface area contributed by atoms with E-state index in [0.717, 1.165) is 12.1 Å². The maximum Gasteiger partial charge on any atom is 0.338 e. The fourth-order valence-corrected chi connectivity index (χ4v) is 2.92. The van der Waals surface area contributed by atoms with Gasteiger partial charge in [0.25, 0.3) is 0 Å². The summed E-state index contributed by atoms with van der Waals surface area (Å²) in [6.45, 7) is 2.42. The Morgan fingerprint density at radius 1 is 1.23 bits per heavy atom. The highest BCUT2D eigenvalue weighted by molar-refractivity contribution is 5.92. The average molecular weight is 304 g/mol. The van der Waals surface area contributed by atoms with Crippen molar-refractivity contribution in [3.63, 3.8) is 0 Å². The molecular weight excluding hydrogens is 276 g/mol. The Kier molecular flexibility index (Phi) is 6.56. The van der Waals surface area contributed by atoms with E-state index in [1.54, 1.807) is 12.1 Å². The largest absolute Gasteiger partial charge is 0.462 e. The number of hydrogen-bond acceptors (Lipinski definition) is 4. The molecular formula is C18H28N2O2. The highest BCUT2D eigenvalue weighted by atomic mass is 16.5. The first kappa shape index (κ1) is 16.7. The average Bonchev–Trinajstić information content (AvgIpc) is 2.49. The zero-order chi connectivity index (χ0) is 15.8. The molecule has 0 aromatic heterocycles. The summed E-state index contributed by atoms with van der Waals surface area (Å²) in [4.78, 5) is 11.8. The predicted octanol–water partition coefficient (Wildman–Crippen LogP) is 4.36. The minimum atomic E-state index is -0.300. The Morgan fingerprint density at radius 3 is 2.55 bits per heavy atom. The van der Waals surface area contributed by atoms with Crippen LogP contribution in [0.5, 0.6) is 0 Å². The monoisotopic (exact) mass is 304 g/mol. The normalized spacial score (nSPS) is 16.6. The lowest BCUT2D eigenvalue weighted by Gasteiger charge is -2.23. The van der Waals surface area contributed by atoms with Crippen LogP contribution in [0.25, 0.3) is 0 Å². The zero-order valence-electron chi connectivity index (χ0n) is 13.6. The van der Waals surface area contributed by atoms with Gasteiger partial charge in [-0.15, -0.1) is 0 Å². The van der Waals surface area contributed by atoms with Crippen LogP contribution >= 0.6 is 0 Å². The first-order valence-corrected chi connectivity index (χ1v) is 8.54. The van der Waals surface area contributed by atoms with Crippen LogP contribution in [-0.4, -0.2) is 18.6 Å². The molecule has 0 heterocycles. The second-order valence-corrected chi connectivity index (χ2v) is 6.12. The summed E-state index contributed by atoms with van der Waals surface area (Å²) in [5.41, 5.74) is 8.17. The van der Waals surface area contributed by atoms with E-state index in [-0.39, 0.29) is 5.97 Å². The van der Waals surface area contributed by atoms with Gasteiger partial charge in [0.1, 0.15) is 0 Å². The van der Waals surface area contributed by atoms with E-state index in [1.165, 1.54) is 44.9 Å². The van der Waals surface area contributed by atoms with Gasteiger partial charge < -0.3 is 15.8 Å². The summed E-state index contributed by atoms with van der Waals surface area (Å²) in [7, 11) is 0. The zero-order valence-corrected chi connectivity index (χ0v) is 13.6. The van der Waals surface area contributed by atoms with E-state index in [0.29, 0.717) is 23.9 Å². The fourth-order valence-electron chi connectivity index (χ4n) is 2.92. The molecule has 0 atom stereocenters. The van der Waals surface area contributed by atoms with Crippen molar-refractivity contribution >= 4 is 17.3 Å². The first-order valence-electron chi connectivity index (χ1n) is 8.54. The summed E-state index contributed by atoms with van der Waals surface area (Å²) in [5, 5.41) is 3.55. The molecule has 4 heteroatoms. The van der Waals surface area contributed by atoms with E-state index in [2.05, 4.69) is 5.32 Å². The van der Waals surface area contributed by atoms with Crippen molar-refractivity contribution in [3.05, 3.63) is 23.8 Å². The Balaban J connectivity index is 1.97. The third-order valence-corrected chi connectivity index (χ3v) is 4.19. The van der Waals surface area contributed by atoms with Crippen LogP contribution in [0, 0.1) is 0 Å². The summed E-state index contributed by atoms with van der Waals surface area (Å²) in [6, 6.07) is 5.89. The van der Waals surface area contributed by atoms with Gasteiger partial charge in [-0.1, -0.05) is 39.0 Å². The van der Waals surface area contributed by atoms with Crippen LogP contribution in [-0.2, 0) is 4.74 Å². The highest BCUT2D eigenvalue weighted by Crippen LogP contribution is 2.25. The van der Waals surface area contributed by atoms with Crippen molar-refractivity contribution in [2.75, 3.05) is 17.7 Å². The molecule has 0 spiro atoms. The quantitative estimate of drug-likeness (QED) is 0.626. The molecule has 1 aliphatic carbocycles. The van der Waals surface area contributed by atoms with E-state index in [9.17, 15) is 4.79 Å². The van der Waals surface area contributed by atoms with Crippen molar-refractivity contribution in [2.24, 2.45) is 0 Å². The molecule has 0 amide bonds. The van der Waals surface area contributed by atoms with Gasteiger partial charge in [0, 0.05) is 6.04 Å². The number of carbonyl (C=O) groups is 1. The number of nitrogen functional groups attached to an aromatic ring is 1. The molecule has 3 N–H and O–H groups in total. The molecule has 1 saturated carbocycles. The predicted molar refractivity (Wildman–Crippen MR) is 91.2 cm³/mol. The van der Waals surface area contributed by atoms with Gasteiger partial charge in [-0.25, -0.2) is 4.79 Å². The molecule has 1 aromatic rings. The lowest BCUT2D eigenvalue weighted by atomic mass is 9.96. The lowest BCUT2D eigenvalue weighted by molar-refractivity contribution is 0.0505. The number of rotatable bonds is 5. The van der Waals surface area contributed by atoms with Gasteiger partial charge in [-0.05, 0) is 37.5 Å². The summed E-state index contributed by atoms with van der Waals surface area (Å²) in [5.74, 6) is -0.300. The third kappa shape index (κ3) is 4.93. The molecule has 0 saturated heterocycles. The van der Waals surface area contributed by atoms with Crippen molar-refractivity contribution in [2.45, 2.75) is 64.3 Å². The smallest absolute Gasteiger partial charge is 0.338 e. The maximum atomic E-state index is 11.8.